The fourth-order valence-corrected chi connectivity index (χ4v) is 0.844. The highest BCUT2D eigenvalue weighted by Gasteiger charge is 2.10. The van der Waals surface area contributed by atoms with Crippen molar-refractivity contribution in [3.05, 3.63) is 17.9 Å². The summed E-state index contributed by atoms with van der Waals surface area (Å²) in [6, 6.07) is 3.83. The topological polar surface area (TPSA) is 51.2 Å². The molecule has 0 amide bonds. The minimum atomic E-state index is -0.208. The third kappa shape index (κ3) is 2.96. The van der Waals surface area contributed by atoms with Gasteiger partial charge in [-0.1, -0.05) is 0 Å². The highest BCUT2D eigenvalue weighted by Crippen LogP contribution is 2.12. The molecule has 0 fully saturated rings. The maximum absolute atomic E-state index is 5.79. The molecule has 1 aromatic heterocycles. The summed E-state index contributed by atoms with van der Waals surface area (Å²) >= 11 is 0. The van der Waals surface area contributed by atoms with Crippen molar-refractivity contribution in [1.29, 1.82) is 0 Å². The smallest absolute Gasteiger partial charge is 0.193 e. The molecule has 0 aliphatic rings. The SMILES string of the molecule is Cc1ccc(NCC(C)(C)N)o1. The summed E-state index contributed by atoms with van der Waals surface area (Å²) in [5.74, 6) is 1.69. The molecule has 1 heterocycles. The molecule has 1 aromatic rings. The molecule has 0 atom stereocenters. The Balaban J connectivity index is 2.44. The van der Waals surface area contributed by atoms with Gasteiger partial charge >= 0.3 is 0 Å². The summed E-state index contributed by atoms with van der Waals surface area (Å²) in [7, 11) is 0. The largest absolute Gasteiger partial charge is 0.446 e. The average molecular weight is 168 g/mol. The predicted octanol–water partition coefficient (Wildman–Crippen LogP) is 1.74. The van der Waals surface area contributed by atoms with Crippen molar-refractivity contribution in [2.45, 2.75) is 26.3 Å². The van der Waals surface area contributed by atoms with Gasteiger partial charge in [0.1, 0.15) is 5.76 Å². The highest BCUT2D eigenvalue weighted by atomic mass is 16.4. The minimum absolute atomic E-state index is 0.208. The van der Waals surface area contributed by atoms with Crippen LogP contribution in [-0.4, -0.2) is 12.1 Å². The molecule has 0 saturated heterocycles. The molecule has 0 radical (unpaired) electrons. The lowest BCUT2D eigenvalue weighted by molar-refractivity contribution is 0.513. The van der Waals surface area contributed by atoms with Crippen LogP contribution >= 0.6 is 0 Å². The molecule has 0 unspecified atom stereocenters. The molecule has 0 spiro atoms. The van der Waals surface area contributed by atoms with E-state index in [1.165, 1.54) is 0 Å². The van der Waals surface area contributed by atoms with Crippen LogP contribution in [0.25, 0.3) is 0 Å². The minimum Gasteiger partial charge on any atom is -0.446 e. The van der Waals surface area contributed by atoms with Crippen LogP contribution < -0.4 is 11.1 Å². The summed E-state index contributed by atoms with van der Waals surface area (Å²) in [6.07, 6.45) is 0. The normalized spacial score (nSPS) is 11.7. The summed E-state index contributed by atoms with van der Waals surface area (Å²) < 4.78 is 5.31. The average Bonchev–Trinajstić information content (AvgIpc) is 2.30. The molecular formula is C9H16N2O. The second-order valence-electron chi connectivity index (χ2n) is 3.75. The van der Waals surface area contributed by atoms with Crippen molar-refractivity contribution in [3.63, 3.8) is 0 Å². The fraction of sp³-hybridized carbons (Fsp3) is 0.556. The van der Waals surface area contributed by atoms with Gasteiger partial charge in [-0.3, -0.25) is 0 Å². The van der Waals surface area contributed by atoms with Crippen LogP contribution in [0.3, 0.4) is 0 Å². The summed E-state index contributed by atoms with van der Waals surface area (Å²) in [4.78, 5) is 0. The van der Waals surface area contributed by atoms with Gasteiger partial charge in [-0.2, -0.15) is 0 Å². The van der Waals surface area contributed by atoms with Crippen molar-refractivity contribution in [2.75, 3.05) is 11.9 Å². The zero-order chi connectivity index (χ0) is 9.19. The van der Waals surface area contributed by atoms with E-state index < -0.39 is 0 Å². The van der Waals surface area contributed by atoms with Gasteiger partial charge in [-0.25, -0.2) is 0 Å². The van der Waals surface area contributed by atoms with E-state index in [1.807, 2.05) is 32.9 Å². The molecule has 0 aliphatic carbocycles. The second-order valence-corrected chi connectivity index (χ2v) is 3.75. The molecule has 3 nitrogen and oxygen atoms in total. The monoisotopic (exact) mass is 168 g/mol. The lowest BCUT2D eigenvalue weighted by Crippen LogP contribution is -2.39. The first-order valence-corrected chi connectivity index (χ1v) is 4.06. The Morgan fingerprint density at radius 2 is 2.17 bits per heavy atom. The highest BCUT2D eigenvalue weighted by molar-refractivity contribution is 5.32. The Morgan fingerprint density at radius 1 is 1.50 bits per heavy atom. The third-order valence-electron chi connectivity index (χ3n) is 1.46. The molecule has 3 heteroatoms. The zero-order valence-electron chi connectivity index (χ0n) is 7.85. The van der Waals surface area contributed by atoms with Gasteiger partial charge in [0.25, 0.3) is 0 Å². The molecule has 0 saturated carbocycles. The van der Waals surface area contributed by atoms with Gasteiger partial charge in [0.05, 0.1) is 0 Å². The van der Waals surface area contributed by atoms with Gasteiger partial charge in [0.15, 0.2) is 5.88 Å². The lowest BCUT2D eigenvalue weighted by atomic mass is 10.1. The first-order valence-electron chi connectivity index (χ1n) is 4.06. The fourth-order valence-electron chi connectivity index (χ4n) is 0.844. The van der Waals surface area contributed by atoms with Crippen LogP contribution in [0.4, 0.5) is 5.88 Å². The summed E-state index contributed by atoms with van der Waals surface area (Å²) in [6.45, 7) is 6.56. The number of nitrogens with two attached hydrogens (primary N) is 1. The van der Waals surface area contributed by atoms with Crippen molar-refractivity contribution in [3.8, 4) is 0 Å². The Morgan fingerprint density at radius 3 is 2.58 bits per heavy atom. The predicted molar refractivity (Wildman–Crippen MR) is 50.2 cm³/mol. The Bertz CT molecular complexity index is 247. The molecule has 0 bridgehead atoms. The standard InChI is InChI=1S/C9H16N2O/c1-7-4-5-8(12-7)11-6-9(2,3)10/h4-5,11H,6,10H2,1-3H3. The van der Waals surface area contributed by atoms with Crippen LogP contribution in [0, 0.1) is 6.92 Å². The van der Waals surface area contributed by atoms with Crippen molar-refractivity contribution in [2.24, 2.45) is 5.73 Å². The van der Waals surface area contributed by atoms with E-state index >= 15 is 0 Å². The summed E-state index contributed by atoms with van der Waals surface area (Å²) in [5, 5.41) is 3.11. The number of rotatable bonds is 3. The molecule has 0 aromatic carbocycles. The van der Waals surface area contributed by atoms with E-state index in [4.69, 9.17) is 10.2 Å². The van der Waals surface area contributed by atoms with E-state index in [9.17, 15) is 0 Å². The zero-order valence-corrected chi connectivity index (χ0v) is 7.85. The molecule has 3 N–H and O–H groups in total. The van der Waals surface area contributed by atoms with E-state index in [2.05, 4.69) is 5.32 Å². The van der Waals surface area contributed by atoms with E-state index in [-0.39, 0.29) is 5.54 Å². The van der Waals surface area contributed by atoms with Crippen molar-refractivity contribution in [1.82, 2.24) is 0 Å². The van der Waals surface area contributed by atoms with Gasteiger partial charge < -0.3 is 15.5 Å². The van der Waals surface area contributed by atoms with Crippen LogP contribution in [0.1, 0.15) is 19.6 Å². The maximum Gasteiger partial charge on any atom is 0.193 e. The van der Waals surface area contributed by atoms with Gasteiger partial charge in [-0.05, 0) is 26.8 Å². The maximum atomic E-state index is 5.79. The molecule has 0 aliphatic heterocycles. The number of furan rings is 1. The Labute approximate surface area is 72.9 Å². The van der Waals surface area contributed by atoms with Crippen molar-refractivity contribution >= 4 is 5.88 Å². The quantitative estimate of drug-likeness (QED) is 0.722. The van der Waals surface area contributed by atoms with E-state index in [0.717, 1.165) is 11.6 Å². The van der Waals surface area contributed by atoms with Gasteiger partial charge in [-0.15, -0.1) is 0 Å². The first-order chi connectivity index (χ1) is 5.47. The molecule has 1 rings (SSSR count). The van der Waals surface area contributed by atoms with Crippen LogP contribution in [0.15, 0.2) is 16.5 Å². The van der Waals surface area contributed by atoms with Gasteiger partial charge in [0.2, 0.25) is 0 Å². The molecule has 68 valence electrons. The number of aryl methyl sites for hydroxylation is 1. The lowest BCUT2D eigenvalue weighted by Gasteiger charge is -2.18. The summed E-state index contributed by atoms with van der Waals surface area (Å²) in [5.41, 5.74) is 5.58. The number of nitrogens with one attached hydrogen (secondary N) is 1. The third-order valence-corrected chi connectivity index (χ3v) is 1.46. The van der Waals surface area contributed by atoms with Crippen LogP contribution in [-0.2, 0) is 0 Å². The molecule has 12 heavy (non-hydrogen) atoms. The van der Waals surface area contributed by atoms with Crippen molar-refractivity contribution < 1.29 is 4.42 Å². The second kappa shape index (κ2) is 3.19. The Hall–Kier alpha value is -0.960. The number of anilines is 1. The van der Waals surface area contributed by atoms with Gasteiger partial charge in [0, 0.05) is 18.2 Å². The molecular weight excluding hydrogens is 152 g/mol. The van der Waals surface area contributed by atoms with E-state index in [0.29, 0.717) is 6.54 Å². The number of hydrogen-bond acceptors (Lipinski definition) is 3. The van der Waals surface area contributed by atoms with Crippen LogP contribution in [0.2, 0.25) is 0 Å². The number of hydrogen-bond donors (Lipinski definition) is 2. The van der Waals surface area contributed by atoms with Crippen LogP contribution in [0.5, 0.6) is 0 Å². The van der Waals surface area contributed by atoms with E-state index in [1.54, 1.807) is 0 Å². The first kappa shape index (κ1) is 9.13. The Kier molecular flexibility index (Phi) is 2.43.